The second-order valence-corrected chi connectivity index (χ2v) is 6.57. The van der Waals surface area contributed by atoms with Crippen LogP contribution in [-0.2, 0) is 0 Å². The normalized spacial score (nSPS) is 23.9. The van der Waals surface area contributed by atoms with Gasteiger partial charge < -0.3 is 10.7 Å². The molecule has 0 radical (unpaired) electrons. The van der Waals surface area contributed by atoms with Gasteiger partial charge in [-0.05, 0) is 42.0 Å². The number of nitrogens with one attached hydrogen (secondary N) is 1. The molecule has 3 unspecified atom stereocenters. The van der Waals surface area contributed by atoms with E-state index in [1.165, 1.54) is 46.6 Å². The second kappa shape index (κ2) is 4.88. The first kappa shape index (κ1) is 12.9. The monoisotopic (exact) mass is 278 g/mol. The Morgan fingerprint density at radius 1 is 1.05 bits per heavy atom. The third kappa shape index (κ3) is 2.06. The molecule has 2 aromatic carbocycles. The van der Waals surface area contributed by atoms with Gasteiger partial charge in [-0.3, -0.25) is 0 Å². The lowest BCUT2D eigenvalue weighted by atomic mass is 9.86. The van der Waals surface area contributed by atoms with Crippen LogP contribution >= 0.6 is 0 Å². The number of hydrogen-bond donors (Lipinski definition) is 2. The van der Waals surface area contributed by atoms with Crippen molar-refractivity contribution in [2.24, 2.45) is 17.6 Å². The van der Waals surface area contributed by atoms with Gasteiger partial charge >= 0.3 is 0 Å². The summed E-state index contributed by atoms with van der Waals surface area (Å²) in [7, 11) is 0. The zero-order valence-electron chi connectivity index (χ0n) is 12.5. The lowest BCUT2D eigenvalue weighted by molar-refractivity contribution is 0.351. The minimum Gasteiger partial charge on any atom is -0.355 e. The molecule has 3 N–H and O–H groups in total. The minimum atomic E-state index is 0.167. The van der Waals surface area contributed by atoms with Gasteiger partial charge in [-0.15, -0.1) is 0 Å². The van der Waals surface area contributed by atoms with E-state index in [2.05, 4.69) is 54.4 Å². The highest BCUT2D eigenvalue weighted by molar-refractivity contribution is 6.07. The number of aromatic amines is 1. The van der Waals surface area contributed by atoms with Crippen LogP contribution in [0, 0.1) is 11.8 Å². The average Bonchev–Trinajstić information content (AvgIpc) is 3.09. The number of rotatable bonds is 2. The highest BCUT2D eigenvalue weighted by Crippen LogP contribution is 2.39. The Morgan fingerprint density at radius 2 is 1.86 bits per heavy atom. The van der Waals surface area contributed by atoms with E-state index in [0.29, 0.717) is 5.92 Å². The van der Waals surface area contributed by atoms with E-state index in [4.69, 9.17) is 5.73 Å². The number of nitrogens with two attached hydrogens (primary N) is 1. The molecule has 3 aromatic rings. The lowest BCUT2D eigenvalue weighted by Crippen LogP contribution is -2.23. The van der Waals surface area contributed by atoms with E-state index in [1.807, 2.05) is 0 Å². The molecule has 2 heteroatoms. The van der Waals surface area contributed by atoms with E-state index in [9.17, 15) is 0 Å². The van der Waals surface area contributed by atoms with Crippen LogP contribution in [0.1, 0.15) is 37.8 Å². The molecular weight excluding hydrogens is 256 g/mol. The van der Waals surface area contributed by atoms with Gasteiger partial charge in [0, 0.05) is 27.8 Å². The summed E-state index contributed by atoms with van der Waals surface area (Å²) in [6.07, 6.45) is 3.93. The summed E-state index contributed by atoms with van der Waals surface area (Å²) in [4.78, 5) is 3.48. The van der Waals surface area contributed by atoms with Crippen LogP contribution in [0.5, 0.6) is 0 Å². The first-order chi connectivity index (χ1) is 10.2. The summed E-state index contributed by atoms with van der Waals surface area (Å²) in [6, 6.07) is 15.3. The Bertz CT molecular complexity index is 786. The first-order valence-electron chi connectivity index (χ1n) is 8.00. The maximum absolute atomic E-state index is 6.58. The van der Waals surface area contributed by atoms with Crippen molar-refractivity contribution in [1.82, 2.24) is 4.98 Å². The molecule has 1 heterocycles. The molecule has 4 rings (SSSR count). The van der Waals surface area contributed by atoms with Crippen molar-refractivity contribution in [2.45, 2.75) is 32.2 Å². The van der Waals surface area contributed by atoms with E-state index in [-0.39, 0.29) is 6.04 Å². The van der Waals surface area contributed by atoms with Gasteiger partial charge in [-0.1, -0.05) is 44.0 Å². The van der Waals surface area contributed by atoms with Crippen molar-refractivity contribution < 1.29 is 0 Å². The number of para-hydroxylation sites is 1. The molecule has 1 fully saturated rings. The van der Waals surface area contributed by atoms with E-state index < -0.39 is 0 Å². The largest absolute Gasteiger partial charge is 0.355 e. The van der Waals surface area contributed by atoms with Gasteiger partial charge in [-0.25, -0.2) is 0 Å². The second-order valence-electron chi connectivity index (χ2n) is 6.57. The van der Waals surface area contributed by atoms with Crippen molar-refractivity contribution in [3.05, 3.63) is 48.0 Å². The molecule has 0 bridgehead atoms. The molecule has 3 atom stereocenters. The van der Waals surface area contributed by atoms with Gasteiger partial charge in [0.1, 0.15) is 0 Å². The highest BCUT2D eigenvalue weighted by Gasteiger charge is 2.29. The maximum Gasteiger partial charge on any atom is 0.0465 e. The van der Waals surface area contributed by atoms with Crippen molar-refractivity contribution in [3.8, 4) is 0 Å². The predicted molar refractivity (Wildman–Crippen MR) is 89.2 cm³/mol. The number of fused-ring (bicyclic) bond motifs is 3. The van der Waals surface area contributed by atoms with Crippen LogP contribution in [0.4, 0.5) is 0 Å². The van der Waals surface area contributed by atoms with Crippen LogP contribution in [0.3, 0.4) is 0 Å². The Morgan fingerprint density at radius 3 is 2.67 bits per heavy atom. The van der Waals surface area contributed by atoms with E-state index >= 15 is 0 Å². The maximum atomic E-state index is 6.58. The molecule has 0 amide bonds. The summed E-state index contributed by atoms with van der Waals surface area (Å²) in [5, 5.41) is 2.59. The van der Waals surface area contributed by atoms with Gasteiger partial charge in [-0.2, -0.15) is 0 Å². The van der Waals surface area contributed by atoms with Gasteiger partial charge in [0.15, 0.2) is 0 Å². The van der Waals surface area contributed by atoms with Crippen molar-refractivity contribution in [3.63, 3.8) is 0 Å². The number of benzene rings is 2. The molecule has 1 aromatic heterocycles. The topological polar surface area (TPSA) is 41.8 Å². The molecule has 1 aliphatic rings. The summed E-state index contributed by atoms with van der Waals surface area (Å²) in [6.45, 7) is 2.35. The average molecular weight is 278 g/mol. The van der Waals surface area contributed by atoms with Crippen LogP contribution in [0.25, 0.3) is 21.8 Å². The number of hydrogen-bond acceptors (Lipinski definition) is 1. The zero-order valence-corrected chi connectivity index (χ0v) is 12.5. The van der Waals surface area contributed by atoms with Crippen LogP contribution in [0.2, 0.25) is 0 Å². The summed E-state index contributed by atoms with van der Waals surface area (Å²) >= 11 is 0. The fourth-order valence-electron chi connectivity index (χ4n) is 4.03. The van der Waals surface area contributed by atoms with Crippen LogP contribution < -0.4 is 5.73 Å². The Hall–Kier alpha value is -1.80. The number of aromatic nitrogens is 1. The van der Waals surface area contributed by atoms with Crippen molar-refractivity contribution in [2.75, 3.05) is 0 Å². The SMILES string of the molecule is CC1CCCC1C(N)c1ccc2[nH]c3ccccc3c2c1. The fraction of sp³-hybridized carbons (Fsp3) is 0.368. The predicted octanol–water partition coefficient (Wildman–Crippen LogP) is 4.76. The molecule has 0 aliphatic heterocycles. The molecule has 21 heavy (non-hydrogen) atoms. The fourth-order valence-corrected chi connectivity index (χ4v) is 4.03. The summed E-state index contributed by atoms with van der Waals surface area (Å²) < 4.78 is 0. The molecule has 2 nitrogen and oxygen atoms in total. The summed E-state index contributed by atoms with van der Waals surface area (Å²) in [5.74, 6) is 1.38. The van der Waals surface area contributed by atoms with Crippen molar-refractivity contribution in [1.29, 1.82) is 0 Å². The zero-order chi connectivity index (χ0) is 14.4. The Balaban J connectivity index is 1.80. The van der Waals surface area contributed by atoms with Gasteiger partial charge in [0.25, 0.3) is 0 Å². The summed E-state index contributed by atoms with van der Waals surface area (Å²) in [5.41, 5.74) is 10.3. The molecular formula is C19H22N2. The van der Waals surface area contributed by atoms with E-state index in [1.54, 1.807) is 0 Å². The van der Waals surface area contributed by atoms with Gasteiger partial charge in [0.2, 0.25) is 0 Å². The molecule has 0 spiro atoms. The molecule has 108 valence electrons. The Labute approximate surface area is 125 Å². The lowest BCUT2D eigenvalue weighted by Gasteiger charge is -2.23. The van der Waals surface area contributed by atoms with Crippen LogP contribution in [0.15, 0.2) is 42.5 Å². The number of H-pyrrole nitrogens is 1. The first-order valence-corrected chi connectivity index (χ1v) is 8.00. The standard InChI is InChI=1S/C19H22N2/c1-12-5-4-7-14(12)19(20)13-9-10-18-16(11-13)15-6-2-3-8-17(15)21-18/h2-3,6,8-12,14,19,21H,4-5,7,20H2,1H3. The molecule has 0 saturated heterocycles. The third-order valence-corrected chi connectivity index (χ3v) is 5.30. The van der Waals surface area contributed by atoms with Gasteiger partial charge in [0.05, 0.1) is 0 Å². The molecule has 1 aliphatic carbocycles. The quantitative estimate of drug-likeness (QED) is 0.697. The molecule has 1 saturated carbocycles. The van der Waals surface area contributed by atoms with E-state index in [0.717, 1.165) is 5.92 Å². The smallest absolute Gasteiger partial charge is 0.0465 e. The third-order valence-electron chi connectivity index (χ3n) is 5.30. The minimum absolute atomic E-state index is 0.167. The van der Waals surface area contributed by atoms with Crippen molar-refractivity contribution >= 4 is 21.8 Å². The Kier molecular flexibility index (Phi) is 3.00. The van der Waals surface area contributed by atoms with Crippen LogP contribution in [-0.4, -0.2) is 4.98 Å². The highest BCUT2D eigenvalue weighted by atomic mass is 14.7.